The summed E-state index contributed by atoms with van der Waals surface area (Å²) in [6, 6.07) is 4.82. The van der Waals surface area contributed by atoms with Crippen molar-refractivity contribution in [3.05, 3.63) is 29.6 Å². The van der Waals surface area contributed by atoms with Crippen LogP contribution in [0.25, 0.3) is 0 Å². The van der Waals surface area contributed by atoms with Crippen molar-refractivity contribution in [2.45, 2.75) is 44.1 Å². The lowest BCUT2D eigenvalue weighted by Crippen LogP contribution is -2.55. The van der Waals surface area contributed by atoms with Crippen molar-refractivity contribution in [3.63, 3.8) is 0 Å². The topological polar surface area (TPSA) is 88.7 Å². The highest BCUT2D eigenvalue weighted by Gasteiger charge is 2.57. The van der Waals surface area contributed by atoms with Crippen LogP contribution in [0.15, 0.2) is 28.5 Å². The average Bonchev–Trinajstić information content (AvgIpc) is 3.19. The summed E-state index contributed by atoms with van der Waals surface area (Å²) in [5.41, 5.74) is -1.60. The molecule has 0 aromatic heterocycles. The van der Waals surface area contributed by atoms with E-state index in [2.05, 4.69) is 10.3 Å². The molecule has 2 aliphatic rings. The fourth-order valence-electron chi connectivity index (χ4n) is 4.17. The Kier molecular flexibility index (Phi) is 4.88. The van der Waals surface area contributed by atoms with Gasteiger partial charge in [-0.1, -0.05) is 17.4 Å². The zero-order valence-corrected chi connectivity index (χ0v) is 15.2. The van der Waals surface area contributed by atoms with Gasteiger partial charge in [0.05, 0.1) is 12.1 Å². The molecular formula is C18H25FN4O3. The molecule has 1 atom stereocenters. The molecule has 7 nitrogen and oxygen atoms in total. The molecule has 2 heterocycles. The first-order valence-electron chi connectivity index (χ1n) is 8.90. The molecule has 1 aromatic rings. The highest BCUT2D eigenvalue weighted by atomic mass is 19.1. The van der Waals surface area contributed by atoms with Gasteiger partial charge in [0.25, 0.3) is 0 Å². The van der Waals surface area contributed by atoms with Crippen molar-refractivity contribution in [3.8, 4) is 0 Å². The van der Waals surface area contributed by atoms with E-state index in [0.29, 0.717) is 6.42 Å². The Morgan fingerprint density at radius 1 is 1.27 bits per heavy atom. The van der Waals surface area contributed by atoms with Crippen molar-refractivity contribution in [2.24, 2.45) is 10.3 Å². The Labute approximate surface area is 152 Å². The van der Waals surface area contributed by atoms with E-state index in [-0.39, 0.29) is 24.4 Å². The van der Waals surface area contributed by atoms with Gasteiger partial charge in [-0.15, -0.1) is 5.11 Å². The minimum absolute atomic E-state index is 0.104. The van der Waals surface area contributed by atoms with Crippen LogP contribution in [0.3, 0.4) is 0 Å². The van der Waals surface area contributed by atoms with E-state index in [1.807, 2.05) is 0 Å². The number of amides is 1. The lowest BCUT2D eigenvalue weighted by atomic mass is 9.67. The molecule has 26 heavy (non-hydrogen) atoms. The zero-order chi connectivity index (χ0) is 18.9. The molecule has 2 aliphatic heterocycles. The number of hydrogen-bond acceptors (Lipinski definition) is 4. The molecule has 0 spiro atoms. The van der Waals surface area contributed by atoms with Gasteiger partial charge in [-0.05, 0) is 39.2 Å². The fourth-order valence-corrected chi connectivity index (χ4v) is 4.17. The number of halogens is 1. The van der Waals surface area contributed by atoms with E-state index in [4.69, 9.17) is 0 Å². The number of nitrogens with zero attached hydrogens (tertiary/aromatic N) is 4. The van der Waals surface area contributed by atoms with Gasteiger partial charge >= 0.3 is 6.09 Å². The number of carboxylic acid groups (broad SMARTS) is 1. The molecule has 1 amide bonds. The Morgan fingerprint density at radius 3 is 2.54 bits per heavy atom. The summed E-state index contributed by atoms with van der Waals surface area (Å²) >= 11 is 0. The molecule has 142 valence electrons. The predicted octanol–water partition coefficient (Wildman–Crippen LogP) is 3.31. The first kappa shape index (κ1) is 18.6. The fraction of sp³-hybridized carbons (Fsp3) is 0.611. The molecule has 0 bridgehead atoms. The predicted molar refractivity (Wildman–Crippen MR) is 93.9 cm³/mol. The third-order valence-electron chi connectivity index (χ3n) is 5.96. The van der Waals surface area contributed by atoms with Gasteiger partial charge < -0.3 is 15.1 Å². The molecule has 8 heteroatoms. The van der Waals surface area contributed by atoms with E-state index in [0.717, 1.165) is 25.9 Å². The van der Waals surface area contributed by atoms with Crippen LogP contribution in [0.2, 0.25) is 0 Å². The van der Waals surface area contributed by atoms with E-state index in [1.165, 1.54) is 4.90 Å². The normalized spacial score (nSPS) is 25.4. The molecular weight excluding hydrogens is 339 g/mol. The maximum atomic E-state index is 15.3. The quantitative estimate of drug-likeness (QED) is 0.802. The van der Waals surface area contributed by atoms with Crippen LogP contribution < -0.4 is 0 Å². The molecule has 1 aromatic carbocycles. The van der Waals surface area contributed by atoms with Crippen LogP contribution in [0.1, 0.15) is 38.7 Å². The summed E-state index contributed by atoms with van der Waals surface area (Å²) in [6.45, 7) is 4.96. The molecule has 2 fully saturated rings. The van der Waals surface area contributed by atoms with Crippen LogP contribution in [0.5, 0.6) is 0 Å². The summed E-state index contributed by atoms with van der Waals surface area (Å²) in [7, 11) is 0. The molecule has 0 radical (unpaired) electrons. The maximum absolute atomic E-state index is 15.3. The van der Waals surface area contributed by atoms with Crippen LogP contribution >= 0.6 is 0 Å². The van der Waals surface area contributed by atoms with Gasteiger partial charge in [-0.3, -0.25) is 5.01 Å². The second-order valence-corrected chi connectivity index (χ2v) is 7.47. The van der Waals surface area contributed by atoms with Gasteiger partial charge in [-0.2, -0.15) is 0 Å². The Hall–Kier alpha value is -2.22. The summed E-state index contributed by atoms with van der Waals surface area (Å²) in [4.78, 5) is 12.8. The summed E-state index contributed by atoms with van der Waals surface area (Å²) < 4.78 is 15.3. The highest BCUT2D eigenvalue weighted by Crippen LogP contribution is 2.49. The number of carbonyl (C=O) groups is 1. The van der Waals surface area contributed by atoms with Crippen molar-refractivity contribution in [1.82, 2.24) is 9.91 Å². The molecule has 0 aliphatic carbocycles. The zero-order valence-electron chi connectivity index (χ0n) is 15.2. The second-order valence-electron chi connectivity index (χ2n) is 7.47. The van der Waals surface area contributed by atoms with Crippen molar-refractivity contribution < 1.29 is 19.4 Å². The van der Waals surface area contributed by atoms with Gasteiger partial charge in [0, 0.05) is 30.6 Å². The number of aliphatic hydroxyl groups is 1. The SMILES string of the molecule is CC1(C)N(C(=O)O)CC[C@]1(CO)c1cccc(N=NN2CCCC2)c1F. The van der Waals surface area contributed by atoms with Crippen LogP contribution in [-0.2, 0) is 5.41 Å². The Morgan fingerprint density at radius 2 is 1.96 bits per heavy atom. The number of benzene rings is 1. The monoisotopic (exact) mass is 364 g/mol. The molecule has 2 saturated heterocycles. The van der Waals surface area contributed by atoms with Crippen LogP contribution in [-0.4, -0.2) is 58.0 Å². The van der Waals surface area contributed by atoms with Crippen molar-refractivity contribution >= 4 is 11.8 Å². The van der Waals surface area contributed by atoms with Gasteiger partial charge in [-0.25, -0.2) is 9.18 Å². The van der Waals surface area contributed by atoms with Crippen LogP contribution in [0.4, 0.5) is 14.9 Å². The molecule has 2 N–H and O–H groups in total. The first-order chi connectivity index (χ1) is 12.3. The average molecular weight is 364 g/mol. The lowest BCUT2D eigenvalue weighted by Gasteiger charge is -2.43. The second kappa shape index (κ2) is 6.83. The van der Waals surface area contributed by atoms with E-state index in [9.17, 15) is 15.0 Å². The standard InChI is InChI=1S/C18H25FN4O3/c1-17(2)18(12-24,8-11-23(17)16(25)26)13-6-5-7-14(15(13)19)20-21-22-9-3-4-10-22/h5-7,24H,3-4,8-12H2,1-2H3,(H,25,26)/t18-/m0/s1. The first-order valence-corrected chi connectivity index (χ1v) is 8.90. The lowest BCUT2D eigenvalue weighted by molar-refractivity contribution is 0.0657. The van der Waals surface area contributed by atoms with Gasteiger partial charge in [0.2, 0.25) is 0 Å². The van der Waals surface area contributed by atoms with Gasteiger partial charge in [0.1, 0.15) is 5.69 Å². The van der Waals surface area contributed by atoms with E-state index < -0.39 is 22.9 Å². The number of rotatable bonds is 4. The van der Waals surface area contributed by atoms with E-state index >= 15 is 4.39 Å². The Bertz CT molecular complexity index is 718. The molecule has 0 unspecified atom stereocenters. The number of hydrogen-bond donors (Lipinski definition) is 2. The largest absolute Gasteiger partial charge is 0.465 e. The number of likely N-dealkylation sites (tertiary alicyclic amines) is 1. The third-order valence-corrected chi connectivity index (χ3v) is 5.96. The Balaban J connectivity index is 1.99. The number of aliphatic hydroxyl groups excluding tert-OH is 1. The van der Waals surface area contributed by atoms with E-state index in [1.54, 1.807) is 37.1 Å². The minimum atomic E-state index is -1.07. The highest BCUT2D eigenvalue weighted by molar-refractivity contribution is 5.68. The van der Waals surface area contributed by atoms with Gasteiger partial charge in [0.15, 0.2) is 5.82 Å². The third kappa shape index (κ3) is 2.82. The summed E-state index contributed by atoms with van der Waals surface area (Å²) in [5, 5.41) is 29.6. The molecule has 3 rings (SSSR count). The maximum Gasteiger partial charge on any atom is 0.407 e. The van der Waals surface area contributed by atoms with Crippen molar-refractivity contribution in [1.29, 1.82) is 0 Å². The smallest absolute Gasteiger partial charge is 0.407 e. The summed E-state index contributed by atoms with van der Waals surface area (Å²) in [6.07, 6.45) is 1.37. The van der Waals surface area contributed by atoms with Crippen LogP contribution in [0, 0.1) is 5.82 Å². The minimum Gasteiger partial charge on any atom is -0.465 e. The molecule has 0 saturated carbocycles. The van der Waals surface area contributed by atoms with Crippen molar-refractivity contribution in [2.75, 3.05) is 26.2 Å². The summed E-state index contributed by atoms with van der Waals surface area (Å²) in [5.74, 6) is -0.551.